The second kappa shape index (κ2) is 5.19. The zero-order valence-corrected chi connectivity index (χ0v) is 9.99. The summed E-state index contributed by atoms with van der Waals surface area (Å²) in [7, 11) is 0. The van der Waals surface area contributed by atoms with Crippen LogP contribution in [0.25, 0.3) is 0 Å². The molecule has 1 saturated carbocycles. The quantitative estimate of drug-likeness (QED) is 0.679. The molecular formula is C13H18N2O2. The zero-order valence-electron chi connectivity index (χ0n) is 9.99. The van der Waals surface area contributed by atoms with E-state index in [1.54, 1.807) is 25.1 Å². The largest absolute Gasteiger partial charge is 0.508 e. The molecule has 0 heterocycles. The number of rotatable bonds is 5. The lowest BCUT2D eigenvalue weighted by molar-refractivity contribution is -0.115. The molecule has 0 spiro atoms. The summed E-state index contributed by atoms with van der Waals surface area (Å²) in [6, 6.07) is 5.04. The number of hydrogen-bond acceptors (Lipinski definition) is 3. The van der Waals surface area contributed by atoms with E-state index in [0.29, 0.717) is 6.54 Å². The SMILES string of the molecule is Cc1cc(NC(=O)CNCC2CC2)ccc1O. The van der Waals surface area contributed by atoms with Gasteiger partial charge in [-0.25, -0.2) is 0 Å². The fraction of sp³-hybridized carbons (Fsp3) is 0.462. The molecule has 1 aliphatic carbocycles. The molecule has 0 saturated heterocycles. The molecule has 1 aromatic rings. The van der Waals surface area contributed by atoms with Gasteiger partial charge in [-0.1, -0.05) is 0 Å². The van der Waals surface area contributed by atoms with Crippen LogP contribution < -0.4 is 10.6 Å². The first-order valence-corrected chi connectivity index (χ1v) is 5.95. The number of amides is 1. The summed E-state index contributed by atoms with van der Waals surface area (Å²) in [4.78, 5) is 11.6. The highest BCUT2D eigenvalue weighted by Crippen LogP contribution is 2.27. The van der Waals surface area contributed by atoms with Crippen molar-refractivity contribution < 1.29 is 9.90 Å². The molecule has 0 aliphatic heterocycles. The van der Waals surface area contributed by atoms with Gasteiger partial charge in [0.1, 0.15) is 5.75 Å². The Morgan fingerprint density at radius 1 is 1.47 bits per heavy atom. The van der Waals surface area contributed by atoms with Gasteiger partial charge in [-0.05, 0) is 56.0 Å². The maximum Gasteiger partial charge on any atom is 0.238 e. The summed E-state index contributed by atoms with van der Waals surface area (Å²) in [6.45, 7) is 3.08. The highest BCUT2D eigenvalue weighted by Gasteiger charge is 2.20. The monoisotopic (exact) mass is 234 g/mol. The van der Waals surface area contributed by atoms with Crippen LogP contribution in [0.1, 0.15) is 18.4 Å². The minimum absolute atomic E-state index is 0.0456. The van der Waals surface area contributed by atoms with Crippen molar-refractivity contribution in [1.29, 1.82) is 0 Å². The molecule has 1 fully saturated rings. The number of aromatic hydroxyl groups is 1. The zero-order chi connectivity index (χ0) is 12.3. The molecule has 92 valence electrons. The van der Waals surface area contributed by atoms with Crippen molar-refractivity contribution >= 4 is 11.6 Å². The third-order valence-corrected chi connectivity index (χ3v) is 2.90. The number of carbonyl (C=O) groups is 1. The maximum atomic E-state index is 11.6. The standard InChI is InChI=1S/C13H18N2O2/c1-9-6-11(4-5-12(9)16)15-13(17)8-14-7-10-2-3-10/h4-6,10,14,16H,2-3,7-8H2,1H3,(H,15,17). The number of nitrogens with one attached hydrogen (secondary N) is 2. The van der Waals surface area contributed by atoms with E-state index in [0.717, 1.165) is 23.7 Å². The van der Waals surface area contributed by atoms with E-state index in [-0.39, 0.29) is 11.7 Å². The second-order valence-corrected chi connectivity index (χ2v) is 4.62. The molecule has 4 nitrogen and oxygen atoms in total. The predicted molar refractivity (Wildman–Crippen MR) is 67.1 cm³/mol. The topological polar surface area (TPSA) is 61.4 Å². The molecule has 0 aromatic heterocycles. The molecule has 0 bridgehead atoms. The minimum Gasteiger partial charge on any atom is -0.508 e. The van der Waals surface area contributed by atoms with Crippen LogP contribution in [-0.4, -0.2) is 24.1 Å². The number of anilines is 1. The molecule has 1 aromatic carbocycles. The van der Waals surface area contributed by atoms with Gasteiger partial charge in [-0.3, -0.25) is 4.79 Å². The van der Waals surface area contributed by atoms with Gasteiger partial charge in [0.05, 0.1) is 6.54 Å². The molecule has 3 N–H and O–H groups in total. The van der Waals surface area contributed by atoms with Crippen molar-refractivity contribution in [3.63, 3.8) is 0 Å². The number of carbonyl (C=O) groups excluding carboxylic acids is 1. The summed E-state index contributed by atoms with van der Waals surface area (Å²) in [5.74, 6) is 0.976. The molecule has 1 aliphatic rings. The predicted octanol–water partition coefficient (Wildman–Crippen LogP) is 1.64. The summed E-state index contributed by atoms with van der Waals surface area (Å²) in [6.07, 6.45) is 2.57. The van der Waals surface area contributed by atoms with Crippen LogP contribution in [0.3, 0.4) is 0 Å². The van der Waals surface area contributed by atoms with Gasteiger partial charge in [0.2, 0.25) is 5.91 Å². The lowest BCUT2D eigenvalue weighted by atomic mass is 10.2. The summed E-state index contributed by atoms with van der Waals surface area (Å²) in [5.41, 5.74) is 1.48. The average molecular weight is 234 g/mol. The van der Waals surface area contributed by atoms with E-state index in [2.05, 4.69) is 10.6 Å². The van der Waals surface area contributed by atoms with E-state index in [1.165, 1.54) is 12.8 Å². The van der Waals surface area contributed by atoms with E-state index in [4.69, 9.17) is 0 Å². The first kappa shape index (κ1) is 11.9. The fourth-order valence-corrected chi connectivity index (χ4v) is 1.65. The lowest BCUT2D eigenvalue weighted by Gasteiger charge is -2.07. The van der Waals surface area contributed by atoms with Crippen LogP contribution in [0.5, 0.6) is 5.75 Å². The van der Waals surface area contributed by atoms with E-state index < -0.39 is 0 Å². The van der Waals surface area contributed by atoms with Gasteiger partial charge in [0.25, 0.3) is 0 Å². The van der Waals surface area contributed by atoms with Gasteiger partial charge in [-0.2, -0.15) is 0 Å². The number of aryl methyl sites for hydroxylation is 1. The molecule has 0 radical (unpaired) electrons. The smallest absolute Gasteiger partial charge is 0.238 e. The number of benzene rings is 1. The Hall–Kier alpha value is -1.55. The fourth-order valence-electron chi connectivity index (χ4n) is 1.65. The van der Waals surface area contributed by atoms with Gasteiger partial charge in [-0.15, -0.1) is 0 Å². The Morgan fingerprint density at radius 3 is 2.88 bits per heavy atom. The molecule has 4 heteroatoms. The summed E-state index contributed by atoms with van der Waals surface area (Å²) >= 11 is 0. The van der Waals surface area contributed by atoms with E-state index in [9.17, 15) is 9.90 Å². The summed E-state index contributed by atoms with van der Waals surface area (Å²) < 4.78 is 0. The Labute approximate surface area is 101 Å². The Kier molecular flexibility index (Phi) is 3.64. The van der Waals surface area contributed by atoms with E-state index in [1.807, 2.05) is 0 Å². The van der Waals surface area contributed by atoms with Crippen molar-refractivity contribution in [1.82, 2.24) is 5.32 Å². The minimum atomic E-state index is -0.0456. The summed E-state index contributed by atoms with van der Waals surface area (Å²) in [5, 5.41) is 15.3. The highest BCUT2D eigenvalue weighted by atomic mass is 16.3. The molecule has 0 unspecified atom stereocenters. The molecule has 0 atom stereocenters. The van der Waals surface area contributed by atoms with Crippen LogP contribution >= 0.6 is 0 Å². The number of hydrogen-bond donors (Lipinski definition) is 3. The van der Waals surface area contributed by atoms with Crippen molar-refractivity contribution in [3.8, 4) is 5.75 Å². The molecular weight excluding hydrogens is 216 g/mol. The van der Waals surface area contributed by atoms with Crippen LogP contribution in [0.15, 0.2) is 18.2 Å². The Bertz CT molecular complexity index is 414. The maximum absolute atomic E-state index is 11.6. The van der Waals surface area contributed by atoms with Gasteiger partial charge >= 0.3 is 0 Å². The van der Waals surface area contributed by atoms with Crippen molar-refractivity contribution in [2.45, 2.75) is 19.8 Å². The van der Waals surface area contributed by atoms with Gasteiger partial charge < -0.3 is 15.7 Å². The normalized spacial score (nSPS) is 14.6. The second-order valence-electron chi connectivity index (χ2n) is 4.62. The van der Waals surface area contributed by atoms with Gasteiger partial charge in [0.15, 0.2) is 0 Å². The van der Waals surface area contributed by atoms with Crippen LogP contribution in [-0.2, 0) is 4.79 Å². The lowest BCUT2D eigenvalue weighted by Crippen LogP contribution is -2.29. The third-order valence-electron chi connectivity index (χ3n) is 2.90. The molecule has 2 rings (SSSR count). The Morgan fingerprint density at radius 2 is 2.24 bits per heavy atom. The number of phenolic OH excluding ortho intramolecular Hbond substituents is 1. The molecule has 17 heavy (non-hydrogen) atoms. The first-order chi connectivity index (χ1) is 8.15. The molecule has 1 amide bonds. The van der Waals surface area contributed by atoms with Crippen LogP contribution in [0.4, 0.5) is 5.69 Å². The van der Waals surface area contributed by atoms with Crippen LogP contribution in [0, 0.1) is 12.8 Å². The average Bonchev–Trinajstić information content (AvgIpc) is 3.07. The van der Waals surface area contributed by atoms with E-state index >= 15 is 0 Å². The first-order valence-electron chi connectivity index (χ1n) is 5.95. The van der Waals surface area contributed by atoms with Gasteiger partial charge in [0, 0.05) is 5.69 Å². The highest BCUT2D eigenvalue weighted by molar-refractivity contribution is 5.92. The van der Waals surface area contributed by atoms with Crippen LogP contribution in [0.2, 0.25) is 0 Å². The number of phenols is 1. The Balaban J connectivity index is 1.77. The van der Waals surface area contributed by atoms with Crippen molar-refractivity contribution in [3.05, 3.63) is 23.8 Å². The van der Waals surface area contributed by atoms with Crippen molar-refractivity contribution in [2.75, 3.05) is 18.4 Å². The third kappa shape index (κ3) is 3.75. The van der Waals surface area contributed by atoms with Crippen molar-refractivity contribution in [2.24, 2.45) is 5.92 Å².